The largest absolute Gasteiger partial charge is 0.419 e. The molecule has 2 rings (SSSR count). The van der Waals surface area contributed by atoms with Crippen LogP contribution in [0, 0.1) is 0 Å². The average Bonchev–Trinajstić information content (AvgIpc) is 2.28. The minimum Gasteiger partial charge on any atom is -0.408 e. The van der Waals surface area contributed by atoms with Crippen molar-refractivity contribution in [3.8, 4) is 0 Å². The molecule has 0 unspecified atom stereocenters. The summed E-state index contributed by atoms with van der Waals surface area (Å²) in [7, 11) is 1.66. The molecule has 1 aromatic heterocycles. The van der Waals surface area contributed by atoms with Crippen molar-refractivity contribution in [2.24, 2.45) is 7.05 Å². The third-order valence-electron chi connectivity index (χ3n) is 1.82. The average molecular weight is 164 g/mol. The van der Waals surface area contributed by atoms with E-state index in [9.17, 15) is 4.79 Å². The van der Waals surface area contributed by atoms with Crippen molar-refractivity contribution >= 4 is 16.8 Å². The molecule has 0 aliphatic carbocycles. The molecule has 2 aromatic rings. The van der Waals surface area contributed by atoms with Gasteiger partial charge in [0, 0.05) is 18.8 Å². The van der Waals surface area contributed by atoms with E-state index in [0.717, 1.165) is 5.52 Å². The number of aryl methyl sites for hydroxylation is 1. The van der Waals surface area contributed by atoms with Crippen LogP contribution in [-0.2, 0) is 7.05 Å². The summed E-state index contributed by atoms with van der Waals surface area (Å²) in [6.45, 7) is 0. The van der Waals surface area contributed by atoms with Crippen molar-refractivity contribution in [3.05, 3.63) is 28.7 Å². The standard InChI is InChI=1S/C8H8N2O2/c1-10-6-3-2-5(9)4-7(6)12-8(10)11/h2-4H,9H2,1H3. The molecule has 0 atom stereocenters. The molecule has 1 heterocycles. The van der Waals surface area contributed by atoms with E-state index >= 15 is 0 Å². The molecule has 0 amide bonds. The van der Waals surface area contributed by atoms with Crippen LogP contribution in [0.1, 0.15) is 0 Å². The Balaban J connectivity index is 2.96. The SMILES string of the molecule is Cn1c(=O)oc2cc(N)ccc21. The summed E-state index contributed by atoms with van der Waals surface area (Å²) in [6, 6.07) is 5.13. The molecule has 0 aliphatic rings. The third-order valence-corrected chi connectivity index (χ3v) is 1.82. The molecule has 4 nitrogen and oxygen atoms in total. The second-order valence-electron chi connectivity index (χ2n) is 2.65. The van der Waals surface area contributed by atoms with Gasteiger partial charge in [-0.15, -0.1) is 0 Å². The van der Waals surface area contributed by atoms with Gasteiger partial charge in [-0.2, -0.15) is 0 Å². The van der Waals surface area contributed by atoms with Gasteiger partial charge >= 0.3 is 5.76 Å². The summed E-state index contributed by atoms with van der Waals surface area (Å²) < 4.78 is 6.35. The fourth-order valence-corrected chi connectivity index (χ4v) is 1.15. The number of nitrogens with zero attached hydrogens (tertiary/aromatic N) is 1. The lowest BCUT2D eigenvalue weighted by molar-refractivity contribution is 0.528. The van der Waals surface area contributed by atoms with Crippen molar-refractivity contribution in [2.75, 3.05) is 5.73 Å². The van der Waals surface area contributed by atoms with Crippen LogP contribution in [0.25, 0.3) is 11.1 Å². The van der Waals surface area contributed by atoms with Crippen molar-refractivity contribution < 1.29 is 4.42 Å². The van der Waals surface area contributed by atoms with E-state index in [-0.39, 0.29) is 5.76 Å². The van der Waals surface area contributed by atoms with Gasteiger partial charge in [0.25, 0.3) is 0 Å². The molecule has 0 bridgehead atoms. The van der Waals surface area contributed by atoms with E-state index < -0.39 is 0 Å². The summed E-state index contributed by atoms with van der Waals surface area (Å²) in [5.41, 5.74) is 7.39. The minimum atomic E-state index is -0.365. The van der Waals surface area contributed by atoms with Gasteiger partial charge in [0.1, 0.15) is 0 Å². The Morgan fingerprint density at radius 3 is 3.00 bits per heavy atom. The highest BCUT2D eigenvalue weighted by atomic mass is 16.4. The zero-order valence-corrected chi connectivity index (χ0v) is 6.57. The van der Waals surface area contributed by atoms with Crippen molar-refractivity contribution in [2.45, 2.75) is 0 Å². The Bertz CT molecular complexity index is 481. The van der Waals surface area contributed by atoms with Gasteiger partial charge < -0.3 is 10.2 Å². The van der Waals surface area contributed by atoms with Crippen molar-refractivity contribution in [3.63, 3.8) is 0 Å². The smallest absolute Gasteiger partial charge is 0.408 e. The first-order chi connectivity index (χ1) is 5.68. The molecule has 1 aromatic carbocycles. The van der Waals surface area contributed by atoms with E-state index in [1.165, 1.54) is 4.57 Å². The lowest BCUT2D eigenvalue weighted by atomic mass is 10.3. The normalized spacial score (nSPS) is 10.8. The molecular weight excluding hydrogens is 156 g/mol. The number of aromatic nitrogens is 1. The molecule has 0 saturated carbocycles. The summed E-state index contributed by atoms with van der Waals surface area (Å²) in [5, 5.41) is 0. The highest BCUT2D eigenvalue weighted by Gasteiger charge is 2.04. The van der Waals surface area contributed by atoms with E-state index in [2.05, 4.69) is 0 Å². The molecule has 0 spiro atoms. The monoisotopic (exact) mass is 164 g/mol. The van der Waals surface area contributed by atoms with Gasteiger partial charge in [-0.1, -0.05) is 0 Å². The number of fused-ring (bicyclic) bond motifs is 1. The minimum absolute atomic E-state index is 0.365. The van der Waals surface area contributed by atoms with E-state index in [0.29, 0.717) is 11.3 Å². The van der Waals surface area contributed by atoms with Gasteiger partial charge in [-0.3, -0.25) is 4.57 Å². The number of rotatable bonds is 0. The van der Waals surface area contributed by atoms with Gasteiger partial charge in [0.2, 0.25) is 0 Å². The molecule has 0 radical (unpaired) electrons. The van der Waals surface area contributed by atoms with Crippen LogP contribution in [0.2, 0.25) is 0 Å². The van der Waals surface area contributed by atoms with Gasteiger partial charge in [-0.05, 0) is 12.1 Å². The Kier molecular flexibility index (Phi) is 1.24. The van der Waals surface area contributed by atoms with Crippen LogP contribution >= 0.6 is 0 Å². The van der Waals surface area contributed by atoms with Crippen LogP contribution in [0.15, 0.2) is 27.4 Å². The predicted octanol–water partition coefficient (Wildman–Crippen LogP) is 0.714. The fourth-order valence-electron chi connectivity index (χ4n) is 1.15. The molecule has 0 saturated heterocycles. The fraction of sp³-hybridized carbons (Fsp3) is 0.125. The molecule has 0 aliphatic heterocycles. The molecular formula is C8H8N2O2. The van der Waals surface area contributed by atoms with Crippen LogP contribution in [-0.4, -0.2) is 4.57 Å². The van der Waals surface area contributed by atoms with Crippen LogP contribution in [0.4, 0.5) is 5.69 Å². The van der Waals surface area contributed by atoms with E-state index in [1.54, 1.807) is 25.2 Å². The number of anilines is 1. The van der Waals surface area contributed by atoms with E-state index in [4.69, 9.17) is 10.2 Å². The highest BCUT2D eigenvalue weighted by Crippen LogP contribution is 2.14. The number of hydrogen-bond donors (Lipinski definition) is 1. The van der Waals surface area contributed by atoms with E-state index in [1.807, 2.05) is 0 Å². The first-order valence-corrected chi connectivity index (χ1v) is 3.53. The van der Waals surface area contributed by atoms with Crippen molar-refractivity contribution in [1.29, 1.82) is 0 Å². The Morgan fingerprint density at radius 1 is 1.50 bits per heavy atom. The predicted molar refractivity (Wildman–Crippen MR) is 45.9 cm³/mol. The molecule has 62 valence electrons. The molecule has 4 heteroatoms. The van der Waals surface area contributed by atoms with Crippen LogP contribution < -0.4 is 11.5 Å². The zero-order chi connectivity index (χ0) is 8.72. The van der Waals surface area contributed by atoms with Gasteiger partial charge in [-0.25, -0.2) is 4.79 Å². The maximum absolute atomic E-state index is 11.0. The lowest BCUT2D eigenvalue weighted by Gasteiger charge is -1.91. The number of nitrogen functional groups attached to an aromatic ring is 1. The van der Waals surface area contributed by atoms with Crippen molar-refractivity contribution in [1.82, 2.24) is 4.57 Å². The maximum atomic E-state index is 11.0. The van der Waals surface area contributed by atoms with Crippen LogP contribution in [0.3, 0.4) is 0 Å². The first kappa shape index (κ1) is 6.97. The Morgan fingerprint density at radius 2 is 2.25 bits per heavy atom. The number of nitrogens with two attached hydrogens (primary N) is 1. The van der Waals surface area contributed by atoms with Gasteiger partial charge in [0.05, 0.1) is 5.52 Å². The summed E-state index contributed by atoms with van der Waals surface area (Å²) in [5.74, 6) is -0.365. The second kappa shape index (κ2) is 2.14. The Labute approximate surface area is 68.2 Å². The number of hydrogen-bond acceptors (Lipinski definition) is 3. The summed E-state index contributed by atoms with van der Waals surface area (Å²) >= 11 is 0. The molecule has 2 N–H and O–H groups in total. The molecule has 0 fully saturated rings. The topological polar surface area (TPSA) is 61.2 Å². The number of oxazole rings is 1. The number of benzene rings is 1. The summed E-state index contributed by atoms with van der Waals surface area (Å²) in [4.78, 5) is 11.0. The summed E-state index contributed by atoms with van der Waals surface area (Å²) in [6.07, 6.45) is 0. The van der Waals surface area contributed by atoms with Gasteiger partial charge in [0.15, 0.2) is 5.58 Å². The highest BCUT2D eigenvalue weighted by molar-refractivity contribution is 5.76. The van der Waals surface area contributed by atoms with Crippen LogP contribution in [0.5, 0.6) is 0 Å². The second-order valence-corrected chi connectivity index (χ2v) is 2.65. The maximum Gasteiger partial charge on any atom is 0.419 e. The quantitative estimate of drug-likeness (QED) is 0.583. The Hall–Kier alpha value is -1.71. The molecule has 12 heavy (non-hydrogen) atoms. The zero-order valence-electron chi connectivity index (χ0n) is 6.57. The first-order valence-electron chi connectivity index (χ1n) is 3.53. The third kappa shape index (κ3) is 0.812. The lowest BCUT2D eigenvalue weighted by Crippen LogP contribution is -2.08.